The van der Waals surface area contributed by atoms with E-state index in [0.29, 0.717) is 45.8 Å². The molecule has 9 heteroatoms. The van der Waals surface area contributed by atoms with Gasteiger partial charge in [0.05, 0.1) is 13.2 Å². The van der Waals surface area contributed by atoms with Gasteiger partial charge in [-0.15, -0.1) is 0 Å². The zero-order chi connectivity index (χ0) is 19.2. The van der Waals surface area contributed by atoms with Crippen molar-refractivity contribution >= 4 is 18.1 Å². The summed E-state index contributed by atoms with van der Waals surface area (Å²) in [5, 5.41) is 11.9. The lowest BCUT2D eigenvalue weighted by Crippen LogP contribution is -2.54. The second kappa shape index (κ2) is 8.72. The molecular weight excluding hydrogens is 354 g/mol. The molecule has 1 N–H and O–H groups in total. The Morgan fingerprint density at radius 3 is 2.37 bits per heavy atom. The van der Waals surface area contributed by atoms with Gasteiger partial charge in [0, 0.05) is 32.6 Å². The maximum Gasteiger partial charge on any atom is 0.429 e. The third-order valence-corrected chi connectivity index (χ3v) is 4.53. The summed E-state index contributed by atoms with van der Waals surface area (Å²) in [6.45, 7) is 2.55. The van der Waals surface area contributed by atoms with Crippen LogP contribution in [-0.4, -0.2) is 83.6 Å². The van der Waals surface area contributed by atoms with Crippen molar-refractivity contribution < 1.29 is 29.0 Å². The van der Waals surface area contributed by atoms with Crippen LogP contribution in [0.25, 0.3) is 0 Å². The molecule has 2 saturated heterocycles. The summed E-state index contributed by atoms with van der Waals surface area (Å²) in [7, 11) is 0. The number of morpholine rings is 1. The molecule has 0 unspecified atom stereocenters. The summed E-state index contributed by atoms with van der Waals surface area (Å²) in [4.78, 5) is 38.3. The Labute approximate surface area is 157 Å². The first kappa shape index (κ1) is 19.0. The van der Waals surface area contributed by atoms with E-state index in [4.69, 9.17) is 9.47 Å². The number of carboxylic acid groups (broad SMARTS) is 1. The van der Waals surface area contributed by atoms with Crippen LogP contribution in [-0.2, 0) is 20.7 Å². The van der Waals surface area contributed by atoms with E-state index in [2.05, 4.69) is 0 Å². The predicted octanol–water partition coefficient (Wildman–Crippen LogP) is 1.19. The third kappa shape index (κ3) is 4.68. The summed E-state index contributed by atoms with van der Waals surface area (Å²) in [6, 6.07) is 8.66. The number of carboxylic acids is 1. The molecule has 2 fully saturated rings. The molecular formula is C18H23N3O6. The minimum Gasteiger partial charge on any atom is -0.478 e. The molecule has 27 heavy (non-hydrogen) atoms. The SMILES string of the molecule is O=C(O)[C@H](Cc1ccccc1)OC(=O)N1CCCN1C(=O)N1CCOCC1. The first-order valence-corrected chi connectivity index (χ1v) is 8.95. The standard InChI is InChI=1S/C18H23N3O6/c22-16(23)15(13-14-5-2-1-3-6-14)27-18(25)21-8-4-7-20(21)17(24)19-9-11-26-12-10-19/h1-3,5-6,15H,4,7-13H2,(H,22,23)/t15-/m0/s1. The van der Waals surface area contributed by atoms with Crippen LogP contribution in [0.4, 0.5) is 9.59 Å². The van der Waals surface area contributed by atoms with Gasteiger partial charge in [-0.25, -0.2) is 24.4 Å². The van der Waals surface area contributed by atoms with Crippen LogP contribution in [0.1, 0.15) is 12.0 Å². The van der Waals surface area contributed by atoms with Gasteiger partial charge in [-0.2, -0.15) is 0 Å². The molecule has 0 bridgehead atoms. The van der Waals surface area contributed by atoms with Crippen LogP contribution in [0.3, 0.4) is 0 Å². The number of carbonyl (C=O) groups is 3. The normalized spacial score (nSPS) is 18.3. The van der Waals surface area contributed by atoms with Gasteiger partial charge in [0.2, 0.25) is 6.10 Å². The Morgan fingerprint density at radius 1 is 1.04 bits per heavy atom. The minimum absolute atomic E-state index is 0.0627. The van der Waals surface area contributed by atoms with Gasteiger partial charge in [-0.3, -0.25) is 0 Å². The number of benzene rings is 1. The van der Waals surface area contributed by atoms with Gasteiger partial charge >= 0.3 is 18.1 Å². The Bertz CT molecular complexity index is 677. The highest BCUT2D eigenvalue weighted by atomic mass is 16.6. The van der Waals surface area contributed by atoms with Crippen molar-refractivity contribution in [2.45, 2.75) is 18.9 Å². The fourth-order valence-electron chi connectivity index (χ4n) is 3.11. The Hall–Kier alpha value is -2.81. The summed E-state index contributed by atoms with van der Waals surface area (Å²) in [5.41, 5.74) is 0.750. The molecule has 3 amide bonds. The average Bonchev–Trinajstić information content (AvgIpc) is 3.18. The maximum absolute atomic E-state index is 12.7. The molecule has 3 rings (SSSR count). The van der Waals surface area contributed by atoms with Crippen LogP contribution in [0.2, 0.25) is 0 Å². The highest BCUT2D eigenvalue weighted by molar-refractivity contribution is 5.81. The number of nitrogens with zero attached hydrogens (tertiary/aromatic N) is 3. The van der Waals surface area contributed by atoms with Gasteiger partial charge in [0.25, 0.3) is 0 Å². The van der Waals surface area contributed by atoms with E-state index in [-0.39, 0.29) is 12.5 Å². The first-order valence-electron chi connectivity index (χ1n) is 8.95. The molecule has 9 nitrogen and oxygen atoms in total. The molecule has 0 radical (unpaired) electrons. The number of urea groups is 1. The second-order valence-electron chi connectivity index (χ2n) is 6.38. The van der Waals surface area contributed by atoms with E-state index in [0.717, 1.165) is 5.56 Å². The molecule has 0 aromatic heterocycles. The van der Waals surface area contributed by atoms with E-state index < -0.39 is 18.2 Å². The highest BCUT2D eigenvalue weighted by Crippen LogP contribution is 2.17. The molecule has 0 saturated carbocycles. The number of hydrogen-bond donors (Lipinski definition) is 1. The van der Waals surface area contributed by atoms with E-state index in [1.165, 1.54) is 10.0 Å². The Kier molecular flexibility index (Phi) is 6.12. The fraction of sp³-hybridized carbons (Fsp3) is 0.500. The fourth-order valence-corrected chi connectivity index (χ4v) is 3.11. The van der Waals surface area contributed by atoms with E-state index in [9.17, 15) is 19.5 Å². The summed E-state index contributed by atoms with van der Waals surface area (Å²) < 4.78 is 10.5. The quantitative estimate of drug-likeness (QED) is 0.846. The van der Waals surface area contributed by atoms with Crippen molar-refractivity contribution in [3.63, 3.8) is 0 Å². The number of hydrazine groups is 1. The van der Waals surface area contributed by atoms with Crippen molar-refractivity contribution in [2.24, 2.45) is 0 Å². The summed E-state index contributed by atoms with van der Waals surface area (Å²) >= 11 is 0. The van der Waals surface area contributed by atoms with Crippen molar-refractivity contribution in [2.75, 3.05) is 39.4 Å². The predicted molar refractivity (Wildman–Crippen MR) is 93.9 cm³/mol. The van der Waals surface area contributed by atoms with E-state index in [1.807, 2.05) is 6.07 Å². The van der Waals surface area contributed by atoms with Crippen molar-refractivity contribution in [3.05, 3.63) is 35.9 Å². The lowest BCUT2D eigenvalue weighted by Gasteiger charge is -2.34. The number of ether oxygens (including phenoxy) is 2. The molecule has 2 heterocycles. The second-order valence-corrected chi connectivity index (χ2v) is 6.38. The smallest absolute Gasteiger partial charge is 0.429 e. The van der Waals surface area contributed by atoms with Gasteiger partial charge in [0.15, 0.2) is 0 Å². The molecule has 2 aliphatic rings. The van der Waals surface area contributed by atoms with Crippen LogP contribution in [0.5, 0.6) is 0 Å². The monoisotopic (exact) mass is 377 g/mol. The van der Waals surface area contributed by atoms with E-state index in [1.54, 1.807) is 29.2 Å². The first-order chi connectivity index (χ1) is 13.1. The molecule has 2 aliphatic heterocycles. The number of aliphatic carboxylic acids is 1. The lowest BCUT2D eigenvalue weighted by atomic mass is 10.1. The van der Waals surface area contributed by atoms with Crippen molar-refractivity contribution in [3.8, 4) is 0 Å². The molecule has 1 atom stereocenters. The Balaban J connectivity index is 1.63. The summed E-state index contributed by atoms with van der Waals surface area (Å²) in [5.74, 6) is -1.22. The van der Waals surface area contributed by atoms with Gasteiger partial charge in [-0.05, 0) is 12.0 Å². The molecule has 1 aromatic carbocycles. The van der Waals surface area contributed by atoms with Crippen LogP contribution >= 0.6 is 0 Å². The van der Waals surface area contributed by atoms with Gasteiger partial charge in [0.1, 0.15) is 0 Å². The zero-order valence-corrected chi connectivity index (χ0v) is 15.0. The Morgan fingerprint density at radius 2 is 1.70 bits per heavy atom. The number of hydrogen-bond acceptors (Lipinski definition) is 5. The molecule has 0 spiro atoms. The third-order valence-electron chi connectivity index (χ3n) is 4.53. The molecule has 146 valence electrons. The minimum atomic E-state index is -1.32. The maximum atomic E-state index is 12.7. The number of rotatable bonds is 4. The van der Waals surface area contributed by atoms with Crippen molar-refractivity contribution in [1.29, 1.82) is 0 Å². The van der Waals surface area contributed by atoms with E-state index >= 15 is 0 Å². The molecule has 1 aromatic rings. The average molecular weight is 377 g/mol. The largest absolute Gasteiger partial charge is 0.478 e. The van der Waals surface area contributed by atoms with Crippen LogP contribution in [0, 0.1) is 0 Å². The molecule has 0 aliphatic carbocycles. The van der Waals surface area contributed by atoms with Crippen LogP contribution in [0.15, 0.2) is 30.3 Å². The zero-order valence-electron chi connectivity index (χ0n) is 15.0. The number of carbonyl (C=O) groups excluding carboxylic acids is 2. The van der Waals surface area contributed by atoms with Gasteiger partial charge in [-0.1, -0.05) is 30.3 Å². The number of amides is 3. The lowest BCUT2D eigenvalue weighted by molar-refractivity contribution is -0.147. The summed E-state index contributed by atoms with van der Waals surface area (Å²) in [6.07, 6.45) is -1.47. The topological polar surface area (TPSA) is 99.6 Å². The van der Waals surface area contributed by atoms with Crippen LogP contribution < -0.4 is 0 Å². The van der Waals surface area contributed by atoms with Gasteiger partial charge < -0.3 is 19.5 Å². The van der Waals surface area contributed by atoms with Crippen molar-refractivity contribution in [1.82, 2.24) is 14.9 Å². The highest BCUT2D eigenvalue weighted by Gasteiger charge is 2.36.